The Kier molecular flexibility index (Phi) is 6.96. The molecule has 1 atom stereocenters. The molecule has 0 amide bonds. The Morgan fingerprint density at radius 3 is 2.80 bits per heavy atom. The molecule has 1 aliphatic rings. The van der Waals surface area contributed by atoms with Gasteiger partial charge in [-0.3, -0.25) is 0 Å². The molecule has 1 nitrogen and oxygen atoms in total. The van der Waals surface area contributed by atoms with Gasteiger partial charge in [0.25, 0.3) is 0 Å². The van der Waals surface area contributed by atoms with Gasteiger partial charge in [-0.2, -0.15) is 11.8 Å². The molecule has 0 spiro atoms. The summed E-state index contributed by atoms with van der Waals surface area (Å²) in [4.78, 5) is 0. The zero-order valence-corrected chi connectivity index (χ0v) is 10.6. The molecule has 0 aromatic carbocycles. The van der Waals surface area contributed by atoms with E-state index in [0.29, 0.717) is 6.04 Å². The summed E-state index contributed by atoms with van der Waals surface area (Å²) in [6.07, 6.45) is 11.5. The Hall–Kier alpha value is -0.130. The minimum Gasteiger partial charge on any atom is -0.314 e. The van der Waals surface area contributed by atoms with Crippen LogP contribution in [-0.4, -0.2) is 24.1 Å². The van der Waals surface area contributed by atoms with Crippen molar-refractivity contribution in [3.8, 4) is 12.3 Å². The Bertz CT molecular complexity index is 191. The SMILES string of the molecule is C#CCCC(CC1CCSCC1)NCC. The molecule has 1 heterocycles. The first-order valence-corrected chi connectivity index (χ1v) is 7.26. The van der Waals surface area contributed by atoms with Gasteiger partial charge in [0.15, 0.2) is 0 Å². The van der Waals surface area contributed by atoms with E-state index in [1.54, 1.807) is 0 Å². The van der Waals surface area contributed by atoms with Crippen molar-refractivity contribution in [2.45, 2.75) is 45.1 Å². The van der Waals surface area contributed by atoms with Gasteiger partial charge in [0.1, 0.15) is 0 Å². The van der Waals surface area contributed by atoms with Gasteiger partial charge in [-0.05, 0) is 49.7 Å². The van der Waals surface area contributed by atoms with Crippen LogP contribution < -0.4 is 5.32 Å². The van der Waals surface area contributed by atoms with Crippen molar-refractivity contribution in [1.82, 2.24) is 5.32 Å². The molecule has 2 heteroatoms. The second-order valence-corrected chi connectivity index (χ2v) is 5.51. The van der Waals surface area contributed by atoms with Gasteiger partial charge in [0.05, 0.1) is 0 Å². The molecule has 0 aliphatic carbocycles. The van der Waals surface area contributed by atoms with Crippen LogP contribution in [0.1, 0.15) is 39.0 Å². The Morgan fingerprint density at radius 1 is 1.47 bits per heavy atom. The molecule has 0 aromatic heterocycles. The van der Waals surface area contributed by atoms with Crippen molar-refractivity contribution in [2.24, 2.45) is 5.92 Å². The second kappa shape index (κ2) is 8.07. The summed E-state index contributed by atoms with van der Waals surface area (Å²) in [5, 5.41) is 3.56. The molecule has 1 fully saturated rings. The Balaban J connectivity index is 2.25. The van der Waals surface area contributed by atoms with Crippen LogP contribution in [-0.2, 0) is 0 Å². The number of hydrogen-bond acceptors (Lipinski definition) is 2. The molecule has 0 saturated carbocycles. The molecule has 1 aliphatic heterocycles. The van der Waals surface area contributed by atoms with Crippen LogP contribution in [0.4, 0.5) is 0 Å². The van der Waals surface area contributed by atoms with Gasteiger partial charge >= 0.3 is 0 Å². The zero-order valence-electron chi connectivity index (χ0n) is 9.80. The summed E-state index contributed by atoms with van der Waals surface area (Å²) in [7, 11) is 0. The molecule has 1 rings (SSSR count). The molecule has 0 aromatic rings. The molecule has 0 radical (unpaired) electrons. The van der Waals surface area contributed by atoms with Crippen LogP contribution >= 0.6 is 11.8 Å². The van der Waals surface area contributed by atoms with Crippen LogP contribution in [0.25, 0.3) is 0 Å². The normalized spacial score (nSPS) is 19.7. The minimum atomic E-state index is 0.652. The first kappa shape index (κ1) is 12.9. The summed E-state index contributed by atoms with van der Waals surface area (Å²) in [5.74, 6) is 6.41. The van der Waals surface area contributed by atoms with Crippen LogP contribution in [0.2, 0.25) is 0 Å². The second-order valence-electron chi connectivity index (χ2n) is 4.29. The van der Waals surface area contributed by atoms with E-state index < -0.39 is 0 Å². The summed E-state index contributed by atoms with van der Waals surface area (Å²) < 4.78 is 0. The van der Waals surface area contributed by atoms with Crippen LogP contribution in [0, 0.1) is 18.3 Å². The number of terminal acetylenes is 1. The Morgan fingerprint density at radius 2 is 2.20 bits per heavy atom. The van der Waals surface area contributed by atoms with Crippen molar-refractivity contribution in [1.29, 1.82) is 0 Å². The maximum absolute atomic E-state index is 5.33. The largest absolute Gasteiger partial charge is 0.314 e. The van der Waals surface area contributed by atoms with E-state index in [-0.39, 0.29) is 0 Å². The molecular formula is C13H23NS. The topological polar surface area (TPSA) is 12.0 Å². The molecule has 1 N–H and O–H groups in total. The van der Waals surface area contributed by atoms with Crippen LogP contribution in [0.15, 0.2) is 0 Å². The van der Waals surface area contributed by atoms with Gasteiger partial charge in [-0.15, -0.1) is 12.3 Å². The van der Waals surface area contributed by atoms with Crippen molar-refractivity contribution in [3.05, 3.63) is 0 Å². The lowest BCUT2D eigenvalue weighted by molar-refractivity contribution is 0.357. The maximum atomic E-state index is 5.33. The van der Waals surface area contributed by atoms with Crippen LogP contribution in [0.5, 0.6) is 0 Å². The first-order valence-electron chi connectivity index (χ1n) is 6.11. The highest BCUT2D eigenvalue weighted by Crippen LogP contribution is 2.27. The summed E-state index contributed by atoms with van der Waals surface area (Å²) in [6.45, 7) is 3.25. The minimum absolute atomic E-state index is 0.652. The number of thioether (sulfide) groups is 1. The highest BCUT2D eigenvalue weighted by Gasteiger charge is 2.18. The van der Waals surface area contributed by atoms with Gasteiger partial charge in [0.2, 0.25) is 0 Å². The quantitative estimate of drug-likeness (QED) is 0.698. The maximum Gasteiger partial charge on any atom is 0.0101 e. The molecule has 1 saturated heterocycles. The highest BCUT2D eigenvalue weighted by molar-refractivity contribution is 7.99. The number of hydrogen-bond donors (Lipinski definition) is 1. The smallest absolute Gasteiger partial charge is 0.0101 e. The average molecular weight is 225 g/mol. The van der Waals surface area contributed by atoms with E-state index in [0.717, 1.165) is 25.3 Å². The molecule has 0 bridgehead atoms. The average Bonchev–Trinajstić information content (AvgIpc) is 2.28. The van der Waals surface area contributed by atoms with Crippen molar-refractivity contribution in [3.63, 3.8) is 0 Å². The van der Waals surface area contributed by atoms with Crippen molar-refractivity contribution >= 4 is 11.8 Å². The fraction of sp³-hybridized carbons (Fsp3) is 0.846. The predicted molar refractivity (Wildman–Crippen MR) is 70.2 cm³/mol. The zero-order chi connectivity index (χ0) is 10.9. The lowest BCUT2D eigenvalue weighted by Gasteiger charge is -2.26. The van der Waals surface area contributed by atoms with E-state index in [1.807, 2.05) is 0 Å². The fourth-order valence-electron chi connectivity index (χ4n) is 2.23. The van der Waals surface area contributed by atoms with Gasteiger partial charge in [-0.1, -0.05) is 6.92 Å². The van der Waals surface area contributed by atoms with E-state index in [2.05, 4.69) is 29.9 Å². The van der Waals surface area contributed by atoms with E-state index >= 15 is 0 Å². The highest BCUT2D eigenvalue weighted by atomic mass is 32.2. The van der Waals surface area contributed by atoms with Crippen molar-refractivity contribution in [2.75, 3.05) is 18.1 Å². The van der Waals surface area contributed by atoms with Gasteiger partial charge in [-0.25, -0.2) is 0 Å². The van der Waals surface area contributed by atoms with Crippen molar-refractivity contribution < 1.29 is 0 Å². The third-order valence-electron chi connectivity index (χ3n) is 3.09. The van der Waals surface area contributed by atoms with Gasteiger partial charge < -0.3 is 5.32 Å². The molecule has 1 unspecified atom stereocenters. The first-order chi connectivity index (χ1) is 7.36. The summed E-state index contributed by atoms with van der Waals surface area (Å²) >= 11 is 2.10. The summed E-state index contributed by atoms with van der Waals surface area (Å²) in [5.41, 5.74) is 0. The lowest BCUT2D eigenvalue weighted by Crippen LogP contribution is -2.31. The summed E-state index contributed by atoms with van der Waals surface area (Å²) in [6, 6.07) is 0.652. The fourth-order valence-corrected chi connectivity index (χ4v) is 3.44. The van der Waals surface area contributed by atoms with E-state index in [9.17, 15) is 0 Å². The van der Waals surface area contributed by atoms with E-state index in [1.165, 1.54) is 30.8 Å². The predicted octanol–water partition coefficient (Wildman–Crippen LogP) is 2.91. The Labute approximate surface area is 98.8 Å². The standard InChI is InChI=1S/C13H23NS/c1-3-5-6-13(14-4-2)11-12-7-9-15-10-8-12/h1,12-14H,4-11H2,2H3. The molecule has 86 valence electrons. The third kappa shape index (κ3) is 5.49. The molecule has 15 heavy (non-hydrogen) atoms. The molecular weight excluding hydrogens is 202 g/mol. The van der Waals surface area contributed by atoms with E-state index in [4.69, 9.17) is 6.42 Å². The van der Waals surface area contributed by atoms with Gasteiger partial charge in [0, 0.05) is 12.5 Å². The van der Waals surface area contributed by atoms with Crippen LogP contribution in [0.3, 0.4) is 0 Å². The third-order valence-corrected chi connectivity index (χ3v) is 4.14. The number of nitrogens with one attached hydrogen (secondary N) is 1. The monoisotopic (exact) mass is 225 g/mol. The lowest BCUT2D eigenvalue weighted by atomic mass is 9.92. The number of rotatable bonds is 6.